The lowest BCUT2D eigenvalue weighted by Crippen LogP contribution is -2.33. The van der Waals surface area contributed by atoms with Gasteiger partial charge in [0.05, 0.1) is 22.1 Å². The summed E-state index contributed by atoms with van der Waals surface area (Å²) in [5.74, 6) is 0. The highest BCUT2D eigenvalue weighted by Crippen LogP contribution is 2.52. The molecule has 1 aliphatic carbocycles. The minimum absolute atomic E-state index is 0.0626. The number of aromatic nitrogens is 2. The lowest BCUT2D eigenvalue weighted by atomic mass is 9.63. The summed E-state index contributed by atoms with van der Waals surface area (Å²) < 4.78 is 5.14. The van der Waals surface area contributed by atoms with Crippen LogP contribution in [0.2, 0.25) is 0 Å². The van der Waals surface area contributed by atoms with Crippen LogP contribution in [0, 0.1) is 0 Å². The quantitative estimate of drug-likeness (QED) is 0.171. The minimum Gasteiger partial charge on any atom is -0.307 e. The van der Waals surface area contributed by atoms with E-state index in [-0.39, 0.29) is 10.8 Å². The average Bonchev–Trinajstić information content (AvgIpc) is 3.77. The van der Waals surface area contributed by atoms with Crippen LogP contribution in [0.3, 0.4) is 0 Å². The van der Waals surface area contributed by atoms with Gasteiger partial charge < -0.3 is 9.13 Å². The third-order valence-corrected chi connectivity index (χ3v) is 12.9. The van der Waals surface area contributed by atoms with Crippen LogP contribution < -0.4 is 0 Å². The monoisotopic (exact) mass is 720 g/mol. The first-order chi connectivity index (χ1) is 27.3. The maximum Gasteiger partial charge on any atom is 0.0795 e. The molecule has 8 aromatic carbocycles. The molecule has 11 rings (SSSR count). The third-order valence-electron chi connectivity index (χ3n) is 12.9. The van der Waals surface area contributed by atoms with Gasteiger partial charge in [0.25, 0.3) is 0 Å². The standard InChI is InChI=1S/C54H44N2/c1-53(2)30-31-54(3,4)46-34-48-44(33-45(46)53)50-42-27-14-13-26-41(42)49-43-28-15-16-29-47(43)55(37-21-9-6-10-22-37)51(49)52(50)56(48)38-23-17-20-36(32-38)40-25-12-11-24-39(40)35-18-7-5-8-19-35/h5-29,32-34H,30-31H2,1-4H3. The van der Waals surface area contributed by atoms with Crippen LogP contribution in [0.4, 0.5) is 0 Å². The first-order valence-corrected chi connectivity index (χ1v) is 20.1. The molecule has 2 heterocycles. The number of benzene rings is 8. The molecule has 2 aromatic heterocycles. The van der Waals surface area contributed by atoms with Crippen molar-refractivity contribution in [3.8, 4) is 33.6 Å². The summed E-state index contributed by atoms with van der Waals surface area (Å²) in [6, 6.07) is 63.1. The number of hydrogen-bond donors (Lipinski definition) is 0. The fraction of sp³-hybridized carbons (Fsp3) is 0.148. The molecule has 0 fully saturated rings. The Morgan fingerprint density at radius 1 is 0.375 bits per heavy atom. The van der Waals surface area contributed by atoms with E-state index >= 15 is 0 Å². The van der Waals surface area contributed by atoms with Crippen LogP contribution >= 0.6 is 0 Å². The summed E-state index contributed by atoms with van der Waals surface area (Å²) in [5, 5.41) is 7.81. The topological polar surface area (TPSA) is 9.86 Å². The maximum absolute atomic E-state index is 2.62. The number of fused-ring (bicyclic) bond motifs is 11. The second-order valence-electron chi connectivity index (χ2n) is 17.2. The van der Waals surface area contributed by atoms with Crippen molar-refractivity contribution >= 4 is 54.4 Å². The van der Waals surface area contributed by atoms with Gasteiger partial charge in [-0.3, -0.25) is 0 Å². The SMILES string of the molecule is CC1(C)CCC(C)(C)c2cc3c(cc21)c1c2ccccc2c2c4ccccc4n(-c4ccccc4)c2c1n3-c1cccc(-c2ccccc2-c2ccccc2)c1. The van der Waals surface area contributed by atoms with Gasteiger partial charge in [0.1, 0.15) is 0 Å². The van der Waals surface area contributed by atoms with Crippen molar-refractivity contribution in [1.29, 1.82) is 0 Å². The summed E-state index contributed by atoms with van der Waals surface area (Å²) >= 11 is 0. The van der Waals surface area contributed by atoms with E-state index < -0.39 is 0 Å². The second kappa shape index (κ2) is 12.1. The van der Waals surface area contributed by atoms with Gasteiger partial charge in [0.2, 0.25) is 0 Å². The summed E-state index contributed by atoms with van der Waals surface area (Å²) in [6.45, 7) is 9.79. The molecule has 10 aromatic rings. The van der Waals surface area contributed by atoms with Crippen molar-refractivity contribution < 1.29 is 0 Å². The molecule has 0 atom stereocenters. The maximum atomic E-state index is 2.62. The molecule has 0 radical (unpaired) electrons. The van der Waals surface area contributed by atoms with Gasteiger partial charge in [-0.1, -0.05) is 155 Å². The summed E-state index contributed by atoms with van der Waals surface area (Å²) in [4.78, 5) is 0. The van der Waals surface area contributed by atoms with Crippen molar-refractivity contribution in [2.45, 2.75) is 51.4 Å². The van der Waals surface area contributed by atoms with Gasteiger partial charge in [-0.2, -0.15) is 0 Å². The normalized spacial score (nSPS) is 14.9. The molecule has 2 heteroatoms. The Morgan fingerprint density at radius 2 is 0.857 bits per heavy atom. The molecule has 0 aliphatic heterocycles. The Hall–Kier alpha value is -6.38. The van der Waals surface area contributed by atoms with Crippen molar-refractivity contribution in [2.75, 3.05) is 0 Å². The van der Waals surface area contributed by atoms with Gasteiger partial charge in [-0.05, 0) is 110 Å². The van der Waals surface area contributed by atoms with E-state index in [1.54, 1.807) is 0 Å². The Labute approximate surface area is 328 Å². The van der Waals surface area contributed by atoms with Crippen LogP contribution in [-0.2, 0) is 10.8 Å². The lowest BCUT2D eigenvalue weighted by molar-refractivity contribution is 0.332. The predicted octanol–water partition coefficient (Wildman–Crippen LogP) is 14.7. The molecule has 0 saturated heterocycles. The minimum atomic E-state index is 0.0626. The van der Waals surface area contributed by atoms with Crippen LogP contribution in [-0.4, -0.2) is 9.13 Å². The first kappa shape index (κ1) is 33.0. The van der Waals surface area contributed by atoms with Crippen molar-refractivity contribution in [3.63, 3.8) is 0 Å². The Balaban J connectivity index is 1.36. The van der Waals surface area contributed by atoms with Crippen molar-refractivity contribution in [2.24, 2.45) is 0 Å². The molecule has 0 N–H and O–H groups in total. The Morgan fingerprint density at radius 3 is 1.54 bits per heavy atom. The molecule has 56 heavy (non-hydrogen) atoms. The second-order valence-corrected chi connectivity index (χ2v) is 17.2. The highest BCUT2D eigenvalue weighted by atomic mass is 15.0. The van der Waals surface area contributed by atoms with Gasteiger partial charge in [0, 0.05) is 32.9 Å². The Kier molecular flexibility index (Phi) is 7.11. The van der Waals surface area contributed by atoms with Crippen LogP contribution in [0.5, 0.6) is 0 Å². The summed E-state index contributed by atoms with van der Waals surface area (Å²) in [5.41, 5.74) is 15.3. The van der Waals surface area contributed by atoms with Crippen molar-refractivity contribution in [1.82, 2.24) is 9.13 Å². The van der Waals surface area contributed by atoms with Gasteiger partial charge in [0.15, 0.2) is 0 Å². The zero-order valence-corrected chi connectivity index (χ0v) is 32.5. The molecule has 0 unspecified atom stereocenters. The molecule has 0 saturated carbocycles. The lowest BCUT2D eigenvalue weighted by Gasteiger charge is -2.42. The fourth-order valence-corrected chi connectivity index (χ4v) is 10.0. The number of para-hydroxylation sites is 2. The number of rotatable bonds is 4. The highest BCUT2D eigenvalue weighted by Gasteiger charge is 2.38. The molecular weight excluding hydrogens is 677 g/mol. The molecule has 0 amide bonds. The van der Waals surface area contributed by atoms with E-state index in [1.165, 1.54) is 112 Å². The molecular formula is C54H44N2. The predicted molar refractivity (Wildman–Crippen MR) is 239 cm³/mol. The highest BCUT2D eigenvalue weighted by molar-refractivity contribution is 6.36. The van der Waals surface area contributed by atoms with E-state index in [9.17, 15) is 0 Å². The first-order valence-electron chi connectivity index (χ1n) is 20.1. The third kappa shape index (κ3) is 4.75. The smallest absolute Gasteiger partial charge is 0.0795 e. The molecule has 0 bridgehead atoms. The van der Waals surface area contributed by atoms with Crippen LogP contribution in [0.25, 0.3) is 88.0 Å². The van der Waals surface area contributed by atoms with Crippen molar-refractivity contribution in [3.05, 3.63) is 181 Å². The van der Waals surface area contributed by atoms with E-state index in [0.717, 1.165) is 0 Å². The molecule has 2 nitrogen and oxygen atoms in total. The zero-order valence-electron chi connectivity index (χ0n) is 32.5. The molecule has 270 valence electrons. The van der Waals surface area contributed by atoms with E-state index in [1.807, 2.05) is 0 Å². The van der Waals surface area contributed by atoms with Gasteiger partial charge in [-0.25, -0.2) is 0 Å². The largest absolute Gasteiger partial charge is 0.307 e. The van der Waals surface area contributed by atoms with E-state index in [4.69, 9.17) is 0 Å². The summed E-state index contributed by atoms with van der Waals surface area (Å²) in [7, 11) is 0. The van der Waals surface area contributed by atoms with Gasteiger partial charge >= 0.3 is 0 Å². The fourth-order valence-electron chi connectivity index (χ4n) is 10.0. The molecule has 0 spiro atoms. The Bertz CT molecular complexity index is 3170. The van der Waals surface area contributed by atoms with E-state index in [2.05, 4.69) is 207 Å². The summed E-state index contributed by atoms with van der Waals surface area (Å²) in [6.07, 6.45) is 2.34. The average molecular weight is 721 g/mol. The van der Waals surface area contributed by atoms with E-state index in [0.29, 0.717) is 0 Å². The van der Waals surface area contributed by atoms with Crippen LogP contribution in [0.15, 0.2) is 170 Å². The molecule has 1 aliphatic rings. The van der Waals surface area contributed by atoms with Gasteiger partial charge in [-0.15, -0.1) is 0 Å². The number of hydrogen-bond acceptors (Lipinski definition) is 0. The van der Waals surface area contributed by atoms with Crippen LogP contribution in [0.1, 0.15) is 51.7 Å². The zero-order chi connectivity index (χ0) is 37.8. The number of nitrogens with zero attached hydrogens (tertiary/aromatic N) is 2.